The molecule has 1 amide bonds. The zero-order chi connectivity index (χ0) is 22.5. The number of aromatic amines is 1. The van der Waals surface area contributed by atoms with Crippen LogP contribution in [0.5, 0.6) is 0 Å². The van der Waals surface area contributed by atoms with Crippen molar-refractivity contribution in [3.05, 3.63) is 76.2 Å². The second kappa shape index (κ2) is 9.55. The van der Waals surface area contributed by atoms with Gasteiger partial charge in [-0.2, -0.15) is 0 Å². The molecule has 32 heavy (non-hydrogen) atoms. The summed E-state index contributed by atoms with van der Waals surface area (Å²) < 4.78 is 2.17. The maximum Gasteiger partial charge on any atom is 0.254 e. The maximum atomic E-state index is 12.5. The van der Waals surface area contributed by atoms with E-state index in [2.05, 4.69) is 35.9 Å². The molecule has 0 radical (unpaired) electrons. The van der Waals surface area contributed by atoms with E-state index in [0.717, 1.165) is 35.4 Å². The van der Waals surface area contributed by atoms with Gasteiger partial charge < -0.3 is 14.9 Å². The van der Waals surface area contributed by atoms with E-state index in [9.17, 15) is 9.59 Å². The quantitative estimate of drug-likeness (QED) is 0.418. The number of hydrogen-bond acceptors (Lipinski definition) is 5. The van der Waals surface area contributed by atoms with Gasteiger partial charge in [-0.1, -0.05) is 12.1 Å². The van der Waals surface area contributed by atoms with Crippen molar-refractivity contribution in [3.8, 4) is 11.4 Å². The van der Waals surface area contributed by atoms with Gasteiger partial charge in [0.2, 0.25) is 5.91 Å². The van der Waals surface area contributed by atoms with Crippen LogP contribution in [0.3, 0.4) is 0 Å². The summed E-state index contributed by atoms with van der Waals surface area (Å²) in [6.45, 7) is 5.14. The second-order valence-electron chi connectivity index (χ2n) is 7.72. The van der Waals surface area contributed by atoms with E-state index in [1.807, 2.05) is 25.1 Å². The van der Waals surface area contributed by atoms with Crippen molar-refractivity contribution in [3.63, 3.8) is 0 Å². The second-order valence-corrected chi connectivity index (χ2v) is 7.72. The molecule has 0 aliphatic carbocycles. The fourth-order valence-electron chi connectivity index (χ4n) is 3.82. The van der Waals surface area contributed by atoms with Gasteiger partial charge in [0.15, 0.2) is 0 Å². The number of rotatable bonds is 8. The number of aromatic nitrogens is 5. The van der Waals surface area contributed by atoms with Crippen LogP contribution in [0, 0.1) is 13.8 Å². The molecule has 0 saturated heterocycles. The van der Waals surface area contributed by atoms with Crippen molar-refractivity contribution >= 4 is 16.9 Å². The number of amides is 1. The molecule has 8 heteroatoms. The number of hydrogen-bond donors (Lipinski definition) is 2. The minimum absolute atomic E-state index is 0.0748. The van der Waals surface area contributed by atoms with E-state index < -0.39 is 0 Å². The SMILES string of the molecule is Cc1nc(-c2ccncc2)[nH]c(=O)c1CCC(=O)NCCCn1c(C)nc2ccccc21. The predicted molar refractivity (Wildman–Crippen MR) is 123 cm³/mol. The molecule has 0 aliphatic heterocycles. The molecule has 4 rings (SSSR count). The van der Waals surface area contributed by atoms with Crippen molar-refractivity contribution < 1.29 is 4.79 Å². The highest BCUT2D eigenvalue weighted by Crippen LogP contribution is 2.16. The van der Waals surface area contributed by atoms with Crippen molar-refractivity contribution in [2.75, 3.05) is 6.54 Å². The average molecular weight is 431 g/mol. The Morgan fingerprint density at radius 2 is 1.88 bits per heavy atom. The average Bonchev–Trinajstić information content (AvgIpc) is 3.11. The van der Waals surface area contributed by atoms with Crippen LogP contribution >= 0.6 is 0 Å². The van der Waals surface area contributed by atoms with E-state index in [-0.39, 0.29) is 17.9 Å². The van der Waals surface area contributed by atoms with Crippen LogP contribution in [-0.4, -0.2) is 37.0 Å². The first-order chi connectivity index (χ1) is 15.5. The number of para-hydroxylation sites is 2. The van der Waals surface area contributed by atoms with E-state index in [1.54, 1.807) is 31.5 Å². The molecule has 1 aromatic carbocycles. The molecule has 164 valence electrons. The molecular formula is C24H26N6O2. The topological polar surface area (TPSA) is 106 Å². The number of carbonyl (C=O) groups excluding carboxylic acids is 1. The normalized spacial score (nSPS) is 11.1. The summed E-state index contributed by atoms with van der Waals surface area (Å²) >= 11 is 0. The Kier molecular flexibility index (Phi) is 6.39. The van der Waals surface area contributed by atoms with Gasteiger partial charge in [0.1, 0.15) is 11.6 Å². The summed E-state index contributed by atoms with van der Waals surface area (Å²) in [7, 11) is 0. The third-order valence-electron chi connectivity index (χ3n) is 5.50. The first kappa shape index (κ1) is 21.4. The lowest BCUT2D eigenvalue weighted by atomic mass is 10.1. The van der Waals surface area contributed by atoms with Gasteiger partial charge in [-0.3, -0.25) is 14.6 Å². The highest BCUT2D eigenvalue weighted by Gasteiger charge is 2.12. The van der Waals surface area contributed by atoms with Crippen molar-refractivity contribution in [1.82, 2.24) is 29.8 Å². The van der Waals surface area contributed by atoms with Gasteiger partial charge in [-0.25, -0.2) is 9.97 Å². The number of carbonyl (C=O) groups is 1. The molecule has 2 N–H and O–H groups in total. The Labute approximate surface area is 185 Å². The molecule has 4 aromatic rings. The van der Waals surface area contributed by atoms with E-state index in [4.69, 9.17) is 0 Å². The highest BCUT2D eigenvalue weighted by molar-refractivity contribution is 5.76. The highest BCUT2D eigenvalue weighted by atomic mass is 16.1. The van der Waals surface area contributed by atoms with Gasteiger partial charge in [0.25, 0.3) is 5.56 Å². The number of pyridine rings is 1. The Bertz CT molecular complexity index is 1290. The van der Waals surface area contributed by atoms with E-state index in [1.165, 1.54) is 0 Å². The molecule has 8 nitrogen and oxygen atoms in total. The van der Waals surface area contributed by atoms with Gasteiger partial charge in [0, 0.05) is 48.7 Å². The van der Waals surface area contributed by atoms with Gasteiger partial charge in [-0.15, -0.1) is 0 Å². The third-order valence-corrected chi connectivity index (χ3v) is 5.50. The Hall–Kier alpha value is -3.81. The largest absolute Gasteiger partial charge is 0.356 e. The minimum atomic E-state index is -0.209. The number of fused-ring (bicyclic) bond motifs is 1. The monoisotopic (exact) mass is 430 g/mol. The van der Waals surface area contributed by atoms with Crippen LogP contribution in [0.1, 0.15) is 29.9 Å². The van der Waals surface area contributed by atoms with Crippen molar-refractivity contribution in [2.45, 2.75) is 39.7 Å². The van der Waals surface area contributed by atoms with Crippen LogP contribution in [0.2, 0.25) is 0 Å². The lowest BCUT2D eigenvalue weighted by molar-refractivity contribution is -0.121. The predicted octanol–water partition coefficient (Wildman–Crippen LogP) is 2.94. The molecule has 0 aliphatic rings. The molecule has 0 atom stereocenters. The van der Waals surface area contributed by atoms with Gasteiger partial charge in [-0.05, 0) is 51.0 Å². The summed E-state index contributed by atoms with van der Waals surface area (Å²) in [5, 5.41) is 2.95. The van der Waals surface area contributed by atoms with Crippen molar-refractivity contribution in [1.29, 1.82) is 0 Å². The molecule has 3 heterocycles. The summed E-state index contributed by atoms with van der Waals surface area (Å²) in [6, 6.07) is 11.6. The maximum absolute atomic E-state index is 12.5. The van der Waals surface area contributed by atoms with E-state index in [0.29, 0.717) is 30.0 Å². The number of nitrogens with one attached hydrogen (secondary N) is 2. The van der Waals surface area contributed by atoms with Crippen LogP contribution in [0.25, 0.3) is 22.4 Å². The molecular weight excluding hydrogens is 404 g/mol. The zero-order valence-electron chi connectivity index (χ0n) is 18.3. The molecule has 0 spiro atoms. The van der Waals surface area contributed by atoms with Crippen LogP contribution in [-0.2, 0) is 17.8 Å². The lowest BCUT2D eigenvalue weighted by Crippen LogP contribution is -2.27. The molecule has 0 fully saturated rings. The third kappa shape index (κ3) is 4.74. The summed E-state index contributed by atoms with van der Waals surface area (Å²) in [5.41, 5.74) is 3.85. The summed E-state index contributed by atoms with van der Waals surface area (Å²) in [5.74, 6) is 1.40. The number of imidazole rings is 1. The number of nitrogens with zero attached hydrogens (tertiary/aromatic N) is 4. The fourth-order valence-corrected chi connectivity index (χ4v) is 3.82. The Morgan fingerprint density at radius 3 is 2.66 bits per heavy atom. The first-order valence-electron chi connectivity index (χ1n) is 10.7. The number of H-pyrrole nitrogens is 1. The summed E-state index contributed by atoms with van der Waals surface area (Å²) in [4.78, 5) is 40.7. The van der Waals surface area contributed by atoms with Gasteiger partial charge in [0.05, 0.1) is 11.0 Å². The number of benzene rings is 1. The number of aryl methyl sites for hydroxylation is 3. The smallest absolute Gasteiger partial charge is 0.254 e. The molecule has 3 aromatic heterocycles. The standard InChI is InChI=1S/C24H26N6O2/c1-16-19(24(32)29-23(27-16)18-10-13-25-14-11-18)8-9-22(31)26-12-5-15-30-17(2)28-20-6-3-4-7-21(20)30/h3-4,6-7,10-11,13-14H,5,8-9,12,15H2,1-2H3,(H,26,31)(H,27,29,32). The first-order valence-corrected chi connectivity index (χ1v) is 10.7. The Morgan fingerprint density at radius 1 is 1.09 bits per heavy atom. The lowest BCUT2D eigenvalue weighted by Gasteiger charge is -2.09. The molecule has 0 bridgehead atoms. The summed E-state index contributed by atoms with van der Waals surface area (Å²) in [6.07, 6.45) is 4.70. The van der Waals surface area contributed by atoms with Gasteiger partial charge >= 0.3 is 0 Å². The minimum Gasteiger partial charge on any atom is -0.356 e. The molecule has 0 unspecified atom stereocenters. The van der Waals surface area contributed by atoms with Crippen LogP contribution < -0.4 is 10.9 Å². The fraction of sp³-hybridized carbons (Fsp3) is 0.292. The van der Waals surface area contributed by atoms with E-state index >= 15 is 0 Å². The zero-order valence-corrected chi connectivity index (χ0v) is 18.3. The van der Waals surface area contributed by atoms with Crippen molar-refractivity contribution in [2.24, 2.45) is 0 Å². The van der Waals surface area contributed by atoms with Crippen LogP contribution in [0.15, 0.2) is 53.6 Å². The Balaban J connectivity index is 1.29. The molecule has 0 saturated carbocycles. The van der Waals surface area contributed by atoms with Crippen LogP contribution in [0.4, 0.5) is 0 Å².